The molecule has 0 saturated heterocycles. The van der Waals surface area contributed by atoms with E-state index in [2.05, 4.69) is 27.9 Å². The van der Waals surface area contributed by atoms with Gasteiger partial charge in [0, 0.05) is 33.4 Å². The van der Waals surface area contributed by atoms with E-state index < -0.39 is 17.2 Å². The molecule has 0 aliphatic heterocycles. The molecule has 3 N–H and O–H groups in total. The third-order valence-corrected chi connectivity index (χ3v) is 3.16. The Kier molecular flexibility index (Phi) is 11.2. The van der Waals surface area contributed by atoms with E-state index in [1.54, 1.807) is 7.05 Å². The second kappa shape index (κ2) is 12.0. The number of nitrogens with zero attached hydrogens (tertiary/aromatic N) is 1. The maximum atomic E-state index is 11.9. The molecule has 148 valence electrons. The van der Waals surface area contributed by atoms with Crippen molar-refractivity contribution in [3.8, 4) is 0 Å². The number of nitrogens with one attached hydrogen (secondary N) is 3. The third kappa shape index (κ3) is 14.5. The van der Waals surface area contributed by atoms with Crippen molar-refractivity contribution in [2.45, 2.75) is 71.9 Å². The molecule has 0 saturated carbocycles. The Balaban J connectivity index is 4.05. The molecule has 0 aliphatic carbocycles. The Labute approximate surface area is 153 Å². The molecule has 0 aromatic heterocycles. The first-order valence-electron chi connectivity index (χ1n) is 9.13. The summed E-state index contributed by atoms with van der Waals surface area (Å²) in [6.07, 6.45) is 2.76. The van der Waals surface area contributed by atoms with E-state index in [1.807, 2.05) is 34.6 Å². The summed E-state index contributed by atoms with van der Waals surface area (Å²) < 4.78 is 10.8. The monoisotopic (exact) mass is 358 g/mol. The molecule has 0 atom stereocenters. The van der Waals surface area contributed by atoms with Crippen molar-refractivity contribution >= 4 is 12.1 Å². The van der Waals surface area contributed by atoms with Crippen LogP contribution in [0.25, 0.3) is 0 Å². The fraction of sp³-hybridized carbons (Fsp3) is 0.889. The number of amides is 1. The Morgan fingerprint density at radius 1 is 1.04 bits per heavy atom. The lowest BCUT2D eigenvalue weighted by Gasteiger charge is -2.29. The highest BCUT2D eigenvalue weighted by atomic mass is 16.6. The first-order valence-corrected chi connectivity index (χ1v) is 9.13. The zero-order valence-corrected chi connectivity index (χ0v) is 17.1. The Hall–Kier alpha value is -1.50. The van der Waals surface area contributed by atoms with E-state index in [-0.39, 0.29) is 0 Å². The number of unbranched alkanes of at least 4 members (excludes halogenated alkanes) is 1. The SMILES string of the molecule is CCCCOCCCNC(=NC)NCC(C)(C)NC(=O)OC(C)(C)C. The molecule has 0 aliphatic rings. The van der Waals surface area contributed by atoms with Gasteiger partial charge >= 0.3 is 6.09 Å². The van der Waals surface area contributed by atoms with Gasteiger partial charge in [-0.05, 0) is 47.5 Å². The van der Waals surface area contributed by atoms with Gasteiger partial charge in [0.25, 0.3) is 0 Å². The van der Waals surface area contributed by atoms with Crippen LogP contribution in [0.4, 0.5) is 4.79 Å². The molecule has 0 aromatic rings. The normalized spacial score (nSPS) is 12.7. The first-order chi connectivity index (χ1) is 11.6. The summed E-state index contributed by atoms with van der Waals surface area (Å²) >= 11 is 0. The lowest BCUT2D eigenvalue weighted by atomic mass is 10.1. The Bertz CT molecular complexity index is 404. The summed E-state index contributed by atoms with van der Waals surface area (Å²) in [6, 6.07) is 0. The number of carbonyl (C=O) groups is 1. The smallest absolute Gasteiger partial charge is 0.408 e. The summed E-state index contributed by atoms with van der Waals surface area (Å²) in [6.45, 7) is 14.4. The van der Waals surface area contributed by atoms with Crippen LogP contribution >= 0.6 is 0 Å². The molecule has 0 spiro atoms. The van der Waals surface area contributed by atoms with Crippen LogP contribution in [0.1, 0.15) is 60.8 Å². The maximum absolute atomic E-state index is 11.9. The number of hydrogen-bond acceptors (Lipinski definition) is 4. The van der Waals surface area contributed by atoms with Gasteiger partial charge in [-0.25, -0.2) is 4.79 Å². The molecule has 25 heavy (non-hydrogen) atoms. The highest BCUT2D eigenvalue weighted by molar-refractivity contribution is 5.79. The minimum Gasteiger partial charge on any atom is -0.444 e. The first kappa shape index (κ1) is 23.5. The maximum Gasteiger partial charge on any atom is 0.408 e. The van der Waals surface area contributed by atoms with Gasteiger partial charge in [0.05, 0.1) is 5.54 Å². The summed E-state index contributed by atoms with van der Waals surface area (Å²) in [5.41, 5.74) is -0.979. The molecule has 0 heterocycles. The van der Waals surface area contributed by atoms with E-state index in [0.717, 1.165) is 39.0 Å². The van der Waals surface area contributed by atoms with Gasteiger partial charge in [0.2, 0.25) is 0 Å². The number of alkyl carbamates (subject to hydrolysis) is 1. The molecular formula is C18H38N4O3. The standard InChI is InChI=1S/C18H38N4O3/c1-8-9-12-24-13-10-11-20-15(19-7)21-14-18(5,6)22-16(23)25-17(2,3)4/h8-14H2,1-7H3,(H,22,23)(H2,19,20,21). The number of ether oxygens (including phenoxy) is 2. The van der Waals surface area contributed by atoms with Crippen LogP contribution in [0.5, 0.6) is 0 Å². The quantitative estimate of drug-likeness (QED) is 0.318. The van der Waals surface area contributed by atoms with Crippen molar-refractivity contribution < 1.29 is 14.3 Å². The minimum absolute atomic E-state index is 0.425. The molecule has 0 aromatic carbocycles. The average molecular weight is 359 g/mol. The molecule has 0 unspecified atom stereocenters. The summed E-state index contributed by atoms with van der Waals surface area (Å²) in [5, 5.41) is 9.32. The topological polar surface area (TPSA) is 84.0 Å². The zero-order chi connectivity index (χ0) is 19.3. The van der Waals surface area contributed by atoms with Gasteiger partial charge in [0.1, 0.15) is 5.60 Å². The second-order valence-electron chi connectivity index (χ2n) is 7.68. The van der Waals surface area contributed by atoms with Crippen molar-refractivity contribution in [2.24, 2.45) is 4.99 Å². The average Bonchev–Trinajstić information content (AvgIpc) is 2.46. The third-order valence-electron chi connectivity index (χ3n) is 3.16. The summed E-state index contributed by atoms with van der Waals surface area (Å²) in [4.78, 5) is 16.1. The molecule has 7 nitrogen and oxygen atoms in total. The van der Waals surface area contributed by atoms with Crippen LogP contribution in [0.2, 0.25) is 0 Å². The minimum atomic E-state index is -0.510. The van der Waals surface area contributed by atoms with Crippen molar-refractivity contribution in [3.05, 3.63) is 0 Å². The van der Waals surface area contributed by atoms with E-state index in [4.69, 9.17) is 9.47 Å². The van der Waals surface area contributed by atoms with Crippen LogP contribution in [0, 0.1) is 0 Å². The Morgan fingerprint density at radius 2 is 1.68 bits per heavy atom. The van der Waals surface area contributed by atoms with Crippen molar-refractivity contribution in [3.63, 3.8) is 0 Å². The summed E-state index contributed by atoms with van der Waals surface area (Å²) in [7, 11) is 1.72. The lowest BCUT2D eigenvalue weighted by Crippen LogP contribution is -2.54. The van der Waals surface area contributed by atoms with Gasteiger partial charge < -0.3 is 25.4 Å². The van der Waals surface area contributed by atoms with Crippen molar-refractivity contribution in [1.82, 2.24) is 16.0 Å². The van der Waals surface area contributed by atoms with Crippen LogP contribution in [-0.4, -0.2) is 56.5 Å². The predicted octanol–water partition coefficient (Wildman–Crippen LogP) is 2.66. The molecule has 0 rings (SSSR count). The van der Waals surface area contributed by atoms with Gasteiger partial charge in [-0.15, -0.1) is 0 Å². The number of guanidine groups is 1. The highest BCUT2D eigenvalue weighted by Gasteiger charge is 2.24. The van der Waals surface area contributed by atoms with E-state index >= 15 is 0 Å². The van der Waals surface area contributed by atoms with E-state index in [9.17, 15) is 4.79 Å². The van der Waals surface area contributed by atoms with Crippen LogP contribution in [0.15, 0.2) is 4.99 Å². The second-order valence-corrected chi connectivity index (χ2v) is 7.68. The number of carbonyl (C=O) groups excluding carboxylic acids is 1. The molecular weight excluding hydrogens is 320 g/mol. The number of hydrogen-bond donors (Lipinski definition) is 3. The zero-order valence-electron chi connectivity index (χ0n) is 17.1. The van der Waals surface area contributed by atoms with E-state index in [1.165, 1.54) is 0 Å². The summed E-state index contributed by atoms with van der Waals surface area (Å²) in [5.74, 6) is 0.702. The van der Waals surface area contributed by atoms with Crippen LogP contribution < -0.4 is 16.0 Å². The van der Waals surface area contributed by atoms with Crippen molar-refractivity contribution in [2.75, 3.05) is 33.4 Å². The Morgan fingerprint density at radius 3 is 2.24 bits per heavy atom. The number of rotatable bonds is 10. The van der Waals surface area contributed by atoms with Crippen LogP contribution in [0.3, 0.4) is 0 Å². The molecule has 0 bridgehead atoms. The fourth-order valence-corrected chi connectivity index (χ4v) is 1.88. The fourth-order valence-electron chi connectivity index (χ4n) is 1.88. The molecule has 1 amide bonds. The van der Waals surface area contributed by atoms with Gasteiger partial charge in [-0.2, -0.15) is 0 Å². The predicted molar refractivity (Wildman–Crippen MR) is 103 cm³/mol. The molecule has 0 fully saturated rings. The van der Waals surface area contributed by atoms with Gasteiger partial charge in [0.15, 0.2) is 5.96 Å². The highest BCUT2D eigenvalue weighted by Crippen LogP contribution is 2.09. The molecule has 7 heteroatoms. The van der Waals surface area contributed by atoms with Gasteiger partial charge in [-0.1, -0.05) is 13.3 Å². The number of aliphatic imine (C=N–C) groups is 1. The van der Waals surface area contributed by atoms with Gasteiger partial charge in [-0.3, -0.25) is 4.99 Å². The van der Waals surface area contributed by atoms with E-state index in [0.29, 0.717) is 12.5 Å². The lowest BCUT2D eigenvalue weighted by molar-refractivity contribution is 0.0474. The van der Waals surface area contributed by atoms with Crippen molar-refractivity contribution in [1.29, 1.82) is 0 Å². The molecule has 0 radical (unpaired) electrons. The largest absolute Gasteiger partial charge is 0.444 e. The van der Waals surface area contributed by atoms with Crippen LogP contribution in [-0.2, 0) is 9.47 Å².